The van der Waals surface area contributed by atoms with Crippen molar-refractivity contribution in [3.63, 3.8) is 0 Å². The van der Waals surface area contributed by atoms with E-state index in [2.05, 4.69) is 20.8 Å². The smallest absolute Gasteiger partial charge is 0.300 e. The second-order valence-corrected chi connectivity index (χ2v) is 10.5. The van der Waals surface area contributed by atoms with Gasteiger partial charge in [-0.05, 0) is 52.9 Å². The van der Waals surface area contributed by atoms with E-state index in [-0.39, 0.29) is 22.3 Å². The summed E-state index contributed by atoms with van der Waals surface area (Å²) in [6.45, 7) is 6.36. The van der Waals surface area contributed by atoms with Crippen LogP contribution >= 0.6 is 0 Å². The van der Waals surface area contributed by atoms with Gasteiger partial charge in [0.1, 0.15) is 22.8 Å². The maximum atomic E-state index is 13.6. The van der Waals surface area contributed by atoms with Gasteiger partial charge in [0.05, 0.1) is 25.8 Å². The number of ether oxygens (including phenoxy) is 2. The minimum Gasteiger partial charge on any atom is -0.506 e. The largest absolute Gasteiger partial charge is 0.506 e. The zero-order valence-electron chi connectivity index (χ0n) is 22.9. The third-order valence-electron chi connectivity index (χ3n) is 6.85. The van der Waals surface area contributed by atoms with Crippen molar-refractivity contribution in [1.82, 2.24) is 0 Å². The Bertz CT molecular complexity index is 1360. The molecule has 3 aromatic carbocycles. The molecule has 38 heavy (non-hydrogen) atoms. The number of anilines is 2. The minimum absolute atomic E-state index is 0.0296. The lowest BCUT2D eigenvalue weighted by molar-refractivity contribution is -0.132. The monoisotopic (exact) mass is 514 g/mol. The SMILES string of the molecule is COc1cccc(OC)c1/C(O)=C1\C(=O)C(=O)N(c2ccc(N(C)C)cc2)C1c1ccc(C(C)(C)C)cc1. The van der Waals surface area contributed by atoms with Crippen LogP contribution in [-0.4, -0.2) is 45.1 Å². The second kappa shape index (κ2) is 10.2. The van der Waals surface area contributed by atoms with E-state index in [0.717, 1.165) is 11.3 Å². The highest BCUT2D eigenvalue weighted by Gasteiger charge is 2.47. The van der Waals surface area contributed by atoms with Gasteiger partial charge in [-0.1, -0.05) is 51.1 Å². The van der Waals surface area contributed by atoms with Crippen molar-refractivity contribution in [3.05, 3.63) is 89.0 Å². The Morgan fingerprint density at radius 1 is 0.868 bits per heavy atom. The highest BCUT2D eigenvalue weighted by molar-refractivity contribution is 6.51. The molecule has 1 aliphatic rings. The molecule has 7 nitrogen and oxygen atoms in total. The molecule has 7 heteroatoms. The molecular weight excluding hydrogens is 480 g/mol. The van der Waals surface area contributed by atoms with Crippen LogP contribution in [0, 0.1) is 0 Å². The van der Waals surface area contributed by atoms with Crippen LogP contribution in [0.1, 0.15) is 43.5 Å². The molecular formula is C31H34N2O5. The van der Waals surface area contributed by atoms with Crippen LogP contribution in [0.15, 0.2) is 72.3 Å². The number of rotatable bonds is 6. The van der Waals surface area contributed by atoms with Crippen molar-refractivity contribution in [3.8, 4) is 11.5 Å². The Kier molecular flexibility index (Phi) is 7.22. The fraction of sp³-hybridized carbons (Fsp3) is 0.290. The number of methoxy groups -OCH3 is 2. The maximum absolute atomic E-state index is 13.6. The first-order valence-electron chi connectivity index (χ1n) is 12.4. The van der Waals surface area contributed by atoms with Gasteiger partial charge < -0.3 is 19.5 Å². The van der Waals surface area contributed by atoms with Gasteiger partial charge in [-0.25, -0.2) is 0 Å². The quantitative estimate of drug-likeness (QED) is 0.259. The van der Waals surface area contributed by atoms with Crippen molar-refractivity contribution in [2.24, 2.45) is 0 Å². The number of hydrogen-bond acceptors (Lipinski definition) is 6. The van der Waals surface area contributed by atoms with E-state index in [4.69, 9.17) is 9.47 Å². The Morgan fingerprint density at radius 2 is 1.42 bits per heavy atom. The van der Waals surface area contributed by atoms with Crippen molar-refractivity contribution in [1.29, 1.82) is 0 Å². The summed E-state index contributed by atoms with van der Waals surface area (Å²) in [4.78, 5) is 30.5. The van der Waals surface area contributed by atoms with Crippen LogP contribution in [0.25, 0.3) is 5.76 Å². The molecule has 198 valence electrons. The molecule has 1 heterocycles. The molecule has 1 aliphatic heterocycles. The fourth-order valence-electron chi connectivity index (χ4n) is 4.71. The predicted octanol–water partition coefficient (Wildman–Crippen LogP) is 5.69. The van der Waals surface area contributed by atoms with E-state index >= 15 is 0 Å². The number of carbonyl (C=O) groups excluding carboxylic acids is 2. The number of benzene rings is 3. The van der Waals surface area contributed by atoms with E-state index < -0.39 is 17.7 Å². The number of nitrogens with zero attached hydrogens (tertiary/aromatic N) is 2. The number of hydrogen-bond donors (Lipinski definition) is 1. The molecule has 0 saturated carbocycles. The molecule has 0 bridgehead atoms. The molecule has 0 radical (unpaired) electrons. The number of Topliss-reactive ketones (excluding diaryl/α,β-unsaturated/α-hetero) is 1. The van der Waals surface area contributed by atoms with Gasteiger partial charge in [0.15, 0.2) is 0 Å². The fourth-order valence-corrected chi connectivity index (χ4v) is 4.71. The molecule has 1 unspecified atom stereocenters. The van der Waals surface area contributed by atoms with Gasteiger partial charge in [0.25, 0.3) is 11.7 Å². The normalized spacial score (nSPS) is 17.0. The minimum atomic E-state index is -0.858. The van der Waals surface area contributed by atoms with Crippen molar-refractivity contribution >= 4 is 28.8 Å². The molecule has 1 atom stereocenters. The van der Waals surface area contributed by atoms with Gasteiger partial charge in [-0.15, -0.1) is 0 Å². The lowest BCUT2D eigenvalue weighted by Gasteiger charge is -2.27. The van der Waals surface area contributed by atoms with Gasteiger partial charge >= 0.3 is 0 Å². The van der Waals surface area contributed by atoms with E-state index in [0.29, 0.717) is 22.7 Å². The highest BCUT2D eigenvalue weighted by Crippen LogP contribution is 2.45. The number of carbonyl (C=O) groups is 2. The standard InChI is InChI=1S/C31H34N2O5/c1-31(2,3)20-13-11-19(12-14-20)27-26(28(34)25-23(37-6)9-8-10-24(25)38-7)29(35)30(36)33(27)22-17-15-21(16-18-22)32(4)5/h8-18,27,34H,1-7H3/b28-26+. The Balaban J connectivity index is 1.97. The summed E-state index contributed by atoms with van der Waals surface area (Å²) in [6, 6.07) is 19.4. The van der Waals surface area contributed by atoms with Crippen molar-refractivity contribution in [2.45, 2.75) is 32.2 Å². The van der Waals surface area contributed by atoms with Crippen LogP contribution in [0.3, 0.4) is 0 Å². The van der Waals surface area contributed by atoms with E-state index in [1.165, 1.54) is 19.1 Å². The number of aliphatic hydroxyl groups is 1. The maximum Gasteiger partial charge on any atom is 0.300 e. The zero-order valence-corrected chi connectivity index (χ0v) is 22.9. The molecule has 4 rings (SSSR count). The predicted molar refractivity (Wildman–Crippen MR) is 150 cm³/mol. The summed E-state index contributed by atoms with van der Waals surface area (Å²) in [5.41, 5.74) is 3.42. The summed E-state index contributed by atoms with van der Waals surface area (Å²) in [7, 11) is 6.80. The molecule has 1 saturated heterocycles. The number of ketones is 1. The second-order valence-electron chi connectivity index (χ2n) is 10.5. The van der Waals surface area contributed by atoms with Crippen LogP contribution in [0.5, 0.6) is 11.5 Å². The van der Waals surface area contributed by atoms with E-state index in [9.17, 15) is 14.7 Å². The summed E-state index contributed by atoms with van der Waals surface area (Å²) >= 11 is 0. The van der Waals surface area contributed by atoms with Crippen molar-refractivity contribution in [2.75, 3.05) is 38.1 Å². The average Bonchev–Trinajstić information content (AvgIpc) is 3.17. The summed E-state index contributed by atoms with van der Waals surface area (Å²) < 4.78 is 11.0. The molecule has 0 aliphatic carbocycles. The van der Waals surface area contributed by atoms with Crippen molar-refractivity contribution < 1.29 is 24.2 Å². The van der Waals surface area contributed by atoms with Gasteiger partial charge in [-0.2, -0.15) is 0 Å². The number of amides is 1. The topological polar surface area (TPSA) is 79.3 Å². The van der Waals surface area contributed by atoms with Crippen LogP contribution in [-0.2, 0) is 15.0 Å². The Labute approximate surface area is 223 Å². The van der Waals surface area contributed by atoms with Crippen LogP contribution in [0.4, 0.5) is 11.4 Å². The van der Waals surface area contributed by atoms with Crippen LogP contribution < -0.4 is 19.3 Å². The first kappa shape index (κ1) is 26.8. The first-order valence-corrected chi connectivity index (χ1v) is 12.4. The van der Waals surface area contributed by atoms with E-state index in [1.807, 2.05) is 55.4 Å². The number of aliphatic hydroxyl groups excluding tert-OH is 1. The van der Waals surface area contributed by atoms with Gasteiger partial charge in [0, 0.05) is 25.5 Å². The molecule has 1 N–H and O–H groups in total. The summed E-state index contributed by atoms with van der Waals surface area (Å²) in [6.07, 6.45) is 0. The first-order chi connectivity index (χ1) is 18.0. The Morgan fingerprint density at radius 3 is 1.89 bits per heavy atom. The molecule has 3 aromatic rings. The highest BCUT2D eigenvalue weighted by atomic mass is 16.5. The molecule has 0 spiro atoms. The summed E-state index contributed by atoms with van der Waals surface area (Å²) in [5.74, 6) is -1.20. The van der Waals surface area contributed by atoms with Crippen LogP contribution in [0.2, 0.25) is 0 Å². The van der Waals surface area contributed by atoms with Gasteiger partial charge in [0.2, 0.25) is 0 Å². The third kappa shape index (κ3) is 4.72. The van der Waals surface area contributed by atoms with Gasteiger partial charge in [-0.3, -0.25) is 14.5 Å². The molecule has 0 aromatic heterocycles. The lowest BCUT2D eigenvalue weighted by Crippen LogP contribution is -2.29. The summed E-state index contributed by atoms with van der Waals surface area (Å²) in [5, 5.41) is 11.6. The average molecular weight is 515 g/mol. The molecule has 1 amide bonds. The van der Waals surface area contributed by atoms with E-state index in [1.54, 1.807) is 30.3 Å². The molecule has 1 fully saturated rings. The zero-order chi connectivity index (χ0) is 27.8. The lowest BCUT2D eigenvalue weighted by atomic mass is 9.85. The third-order valence-corrected chi connectivity index (χ3v) is 6.85. The Hall–Kier alpha value is -4.26.